The van der Waals surface area contributed by atoms with E-state index in [0.717, 1.165) is 6.42 Å². The van der Waals surface area contributed by atoms with Crippen molar-refractivity contribution in [1.29, 1.82) is 0 Å². The third kappa shape index (κ3) is 1.88. The Morgan fingerprint density at radius 2 is 2.17 bits per heavy atom. The molecule has 1 aromatic rings. The van der Waals surface area contributed by atoms with Gasteiger partial charge in [-0.15, -0.1) is 0 Å². The molecular weight excluding hydrogens is 146 g/mol. The van der Waals surface area contributed by atoms with Crippen molar-refractivity contribution in [2.24, 2.45) is 0 Å². The van der Waals surface area contributed by atoms with E-state index in [1.807, 2.05) is 20.0 Å². The van der Waals surface area contributed by atoms with Crippen LogP contribution >= 0.6 is 0 Å². The summed E-state index contributed by atoms with van der Waals surface area (Å²) < 4.78 is 0. The summed E-state index contributed by atoms with van der Waals surface area (Å²) in [6.07, 6.45) is 11.4. The van der Waals surface area contributed by atoms with Crippen molar-refractivity contribution in [2.75, 3.05) is 0 Å². The highest BCUT2D eigenvalue weighted by molar-refractivity contribution is 5.55. The van der Waals surface area contributed by atoms with Crippen LogP contribution in [-0.4, -0.2) is 4.98 Å². The predicted octanol–water partition coefficient (Wildman–Crippen LogP) is 3.41. The molecule has 0 fully saturated rings. The molecule has 66 valence electrons. The highest BCUT2D eigenvalue weighted by atomic mass is 14.7. The van der Waals surface area contributed by atoms with Crippen molar-refractivity contribution < 1.29 is 1.43 Å². The zero-order valence-electron chi connectivity index (χ0n) is 7.67. The summed E-state index contributed by atoms with van der Waals surface area (Å²) in [5.41, 5.74) is 2.62. The molecule has 0 spiro atoms. The smallest absolute Gasteiger partial charge is 0.0259 e. The normalized spacial score (nSPS) is 12.8. The summed E-state index contributed by atoms with van der Waals surface area (Å²) in [5.74, 6) is 0. The Morgan fingerprint density at radius 1 is 1.33 bits per heavy atom. The van der Waals surface area contributed by atoms with Crippen LogP contribution in [0.3, 0.4) is 0 Å². The third-order valence-corrected chi connectivity index (χ3v) is 1.71. The van der Waals surface area contributed by atoms with E-state index in [-0.39, 0.29) is 1.43 Å². The summed E-state index contributed by atoms with van der Waals surface area (Å²) >= 11 is 0. The quantitative estimate of drug-likeness (QED) is 0.603. The molecule has 1 nitrogen and oxygen atoms in total. The van der Waals surface area contributed by atoms with Gasteiger partial charge in [0.05, 0.1) is 0 Å². The SMILES string of the molecule is C1=CCc2[nH]ccc2C=C1.CC.[HH]. The average molecular weight is 163 g/mol. The van der Waals surface area contributed by atoms with Crippen LogP contribution in [0.5, 0.6) is 0 Å². The molecule has 0 aromatic carbocycles. The Labute approximate surface area is 75.3 Å². The summed E-state index contributed by atoms with van der Waals surface area (Å²) in [4.78, 5) is 3.20. The van der Waals surface area contributed by atoms with Gasteiger partial charge < -0.3 is 4.98 Å². The molecule has 2 rings (SSSR count). The van der Waals surface area contributed by atoms with Gasteiger partial charge >= 0.3 is 0 Å². The van der Waals surface area contributed by atoms with Gasteiger partial charge in [-0.25, -0.2) is 0 Å². The zero-order chi connectivity index (χ0) is 8.81. The fraction of sp³-hybridized carbons (Fsp3) is 0.273. The summed E-state index contributed by atoms with van der Waals surface area (Å²) in [5, 5.41) is 0. The molecule has 1 aliphatic carbocycles. The van der Waals surface area contributed by atoms with Gasteiger partial charge in [-0.1, -0.05) is 38.2 Å². The highest BCUT2D eigenvalue weighted by Gasteiger charge is 1.98. The first-order valence-corrected chi connectivity index (χ1v) is 4.46. The molecule has 1 heterocycles. The van der Waals surface area contributed by atoms with Gasteiger partial charge in [0.15, 0.2) is 0 Å². The van der Waals surface area contributed by atoms with E-state index >= 15 is 0 Å². The van der Waals surface area contributed by atoms with Crippen molar-refractivity contribution in [3.8, 4) is 0 Å². The van der Waals surface area contributed by atoms with Gasteiger partial charge in [0, 0.05) is 19.7 Å². The van der Waals surface area contributed by atoms with Crippen LogP contribution in [0.15, 0.2) is 30.5 Å². The van der Waals surface area contributed by atoms with E-state index in [1.54, 1.807) is 0 Å². The van der Waals surface area contributed by atoms with Crippen molar-refractivity contribution in [3.05, 3.63) is 41.7 Å². The summed E-state index contributed by atoms with van der Waals surface area (Å²) in [7, 11) is 0. The van der Waals surface area contributed by atoms with Crippen LogP contribution < -0.4 is 0 Å². The van der Waals surface area contributed by atoms with E-state index < -0.39 is 0 Å². The number of nitrogens with one attached hydrogen (secondary N) is 1. The molecule has 0 saturated carbocycles. The lowest BCUT2D eigenvalue weighted by Gasteiger charge is -1.90. The van der Waals surface area contributed by atoms with Gasteiger partial charge in [-0.05, 0) is 11.6 Å². The predicted molar refractivity (Wildman–Crippen MR) is 56.1 cm³/mol. The number of aromatic nitrogens is 1. The maximum atomic E-state index is 3.20. The third-order valence-electron chi connectivity index (χ3n) is 1.71. The largest absolute Gasteiger partial charge is 0.364 e. The molecule has 0 saturated heterocycles. The number of aromatic amines is 1. The Hall–Kier alpha value is -1.24. The van der Waals surface area contributed by atoms with Crippen LogP contribution in [0.1, 0.15) is 26.5 Å². The van der Waals surface area contributed by atoms with Crippen LogP contribution in [0.25, 0.3) is 6.08 Å². The highest BCUT2D eigenvalue weighted by Crippen LogP contribution is 2.12. The van der Waals surface area contributed by atoms with Gasteiger partial charge in [-0.3, -0.25) is 0 Å². The molecule has 0 unspecified atom stereocenters. The monoisotopic (exact) mass is 163 g/mol. The minimum Gasteiger partial charge on any atom is -0.364 e. The maximum absolute atomic E-state index is 3.20. The molecule has 0 atom stereocenters. The van der Waals surface area contributed by atoms with E-state index in [4.69, 9.17) is 0 Å². The molecule has 0 amide bonds. The number of hydrogen-bond donors (Lipinski definition) is 1. The Balaban J connectivity index is 0.000000451. The second-order valence-corrected chi connectivity index (χ2v) is 2.40. The lowest BCUT2D eigenvalue weighted by atomic mass is 10.2. The van der Waals surface area contributed by atoms with Crippen LogP contribution in [0, 0.1) is 0 Å². The minimum absolute atomic E-state index is 0. The van der Waals surface area contributed by atoms with Gasteiger partial charge in [0.25, 0.3) is 0 Å². The first-order chi connectivity index (χ1) is 5.97. The fourth-order valence-electron chi connectivity index (χ4n) is 1.17. The van der Waals surface area contributed by atoms with Crippen LogP contribution in [-0.2, 0) is 6.42 Å². The molecule has 0 radical (unpaired) electrons. The lowest BCUT2D eigenvalue weighted by Crippen LogP contribution is -1.80. The Morgan fingerprint density at radius 3 is 3.00 bits per heavy atom. The summed E-state index contributed by atoms with van der Waals surface area (Å²) in [6, 6.07) is 2.10. The lowest BCUT2D eigenvalue weighted by molar-refractivity contribution is 1.15. The van der Waals surface area contributed by atoms with Crippen molar-refractivity contribution >= 4 is 6.08 Å². The Kier molecular flexibility index (Phi) is 3.39. The second kappa shape index (κ2) is 4.60. The van der Waals surface area contributed by atoms with E-state index in [9.17, 15) is 0 Å². The molecule has 1 N–H and O–H groups in total. The van der Waals surface area contributed by atoms with Gasteiger partial charge in [0.2, 0.25) is 0 Å². The maximum Gasteiger partial charge on any atom is 0.0259 e. The zero-order valence-corrected chi connectivity index (χ0v) is 7.67. The topological polar surface area (TPSA) is 15.8 Å². The van der Waals surface area contributed by atoms with Gasteiger partial charge in [0.1, 0.15) is 0 Å². The van der Waals surface area contributed by atoms with Crippen molar-refractivity contribution in [3.63, 3.8) is 0 Å². The van der Waals surface area contributed by atoms with Crippen LogP contribution in [0.4, 0.5) is 0 Å². The first-order valence-electron chi connectivity index (χ1n) is 4.46. The number of fused-ring (bicyclic) bond motifs is 1. The first kappa shape index (κ1) is 8.85. The van der Waals surface area contributed by atoms with Gasteiger partial charge in [-0.2, -0.15) is 0 Å². The summed E-state index contributed by atoms with van der Waals surface area (Å²) in [6.45, 7) is 4.00. The number of H-pyrrole nitrogens is 1. The second-order valence-electron chi connectivity index (χ2n) is 2.40. The fourth-order valence-corrected chi connectivity index (χ4v) is 1.17. The number of hydrogen-bond acceptors (Lipinski definition) is 0. The molecule has 0 bridgehead atoms. The number of rotatable bonds is 0. The molecule has 1 heteroatoms. The molecule has 12 heavy (non-hydrogen) atoms. The average Bonchev–Trinajstić information content (AvgIpc) is 2.46. The van der Waals surface area contributed by atoms with E-state index in [1.165, 1.54) is 11.3 Å². The standard InChI is InChI=1S/C9H9N.C2H6.H2/c1-2-4-8-6-7-10-9(8)5-3-1;1-2;/h1-4,6-7,10H,5H2;1-2H3;1H. The molecule has 0 aliphatic heterocycles. The van der Waals surface area contributed by atoms with E-state index in [0.29, 0.717) is 0 Å². The Bertz CT molecular complexity index is 284. The molecular formula is C11H17N. The van der Waals surface area contributed by atoms with Crippen molar-refractivity contribution in [2.45, 2.75) is 20.3 Å². The molecule has 1 aromatic heterocycles. The van der Waals surface area contributed by atoms with E-state index in [2.05, 4.69) is 35.4 Å². The minimum atomic E-state index is 0. The number of allylic oxidation sites excluding steroid dienone is 3. The van der Waals surface area contributed by atoms with Crippen molar-refractivity contribution in [1.82, 2.24) is 4.98 Å². The van der Waals surface area contributed by atoms with Crippen LogP contribution in [0.2, 0.25) is 0 Å². The molecule has 1 aliphatic rings.